The van der Waals surface area contributed by atoms with Gasteiger partial charge in [-0.1, -0.05) is 51.1 Å². The number of benzene rings is 1. The van der Waals surface area contributed by atoms with Crippen LogP contribution >= 0.6 is 0 Å². The van der Waals surface area contributed by atoms with Crippen LogP contribution in [0.3, 0.4) is 0 Å². The number of rotatable bonds is 3. The van der Waals surface area contributed by atoms with Crippen molar-refractivity contribution in [2.75, 3.05) is 0 Å². The van der Waals surface area contributed by atoms with Crippen LogP contribution in [0.15, 0.2) is 36.9 Å². The van der Waals surface area contributed by atoms with E-state index in [4.69, 9.17) is 0 Å². The van der Waals surface area contributed by atoms with Crippen molar-refractivity contribution >= 4 is 0 Å². The molecule has 0 heterocycles. The third-order valence-electron chi connectivity index (χ3n) is 2.96. The predicted molar refractivity (Wildman–Crippen MR) is 81.0 cm³/mol. The fourth-order valence-electron chi connectivity index (χ4n) is 1.94. The summed E-state index contributed by atoms with van der Waals surface area (Å²) in [4.78, 5) is 0. The average Bonchev–Trinajstić information content (AvgIpc) is 2.24. The maximum atomic E-state index is 3.93. The molecule has 0 bridgehead atoms. The summed E-state index contributed by atoms with van der Waals surface area (Å²) in [6.07, 6.45) is 1.97. The third kappa shape index (κ3) is 4.30. The van der Waals surface area contributed by atoms with Gasteiger partial charge < -0.3 is 5.32 Å². The largest absolute Gasteiger partial charge is 0.302 e. The summed E-state index contributed by atoms with van der Waals surface area (Å²) in [5.41, 5.74) is 2.93. The van der Waals surface area contributed by atoms with Gasteiger partial charge in [0.25, 0.3) is 0 Å². The highest BCUT2D eigenvalue weighted by Gasteiger charge is 2.17. The zero-order valence-corrected chi connectivity index (χ0v) is 12.7. The Morgan fingerprint density at radius 1 is 1.00 bits per heavy atom. The Kier molecular flexibility index (Phi) is 4.39. The van der Waals surface area contributed by atoms with Gasteiger partial charge in [-0.15, -0.1) is 6.58 Å². The van der Waals surface area contributed by atoms with Crippen molar-refractivity contribution in [1.29, 1.82) is 0 Å². The molecule has 18 heavy (non-hydrogen) atoms. The Hall–Kier alpha value is -1.08. The lowest BCUT2D eigenvalue weighted by Crippen LogP contribution is -2.38. The van der Waals surface area contributed by atoms with Crippen molar-refractivity contribution < 1.29 is 0 Å². The van der Waals surface area contributed by atoms with E-state index in [-0.39, 0.29) is 17.0 Å². The summed E-state index contributed by atoms with van der Waals surface area (Å²) < 4.78 is 0. The summed E-state index contributed by atoms with van der Waals surface area (Å²) in [5, 5.41) is 3.56. The summed E-state index contributed by atoms with van der Waals surface area (Å²) in [5.74, 6) is 0. The van der Waals surface area contributed by atoms with Gasteiger partial charge in [0.15, 0.2) is 0 Å². The van der Waals surface area contributed by atoms with Gasteiger partial charge in [0.2, 0.25) is 0 Å². The van der Waals surface area contributed by atoms with Crippen LogP contribution in [0.2, 0.25) is 0 Å². The zero-order chi connectivity index (χ0) is 14.0. The molecule has 0 radical (unpaired) electrons. The van der Waals surface area contributed by atoms with Crippen molar-refractivity contribution in [3.63, 3.8) is 0 Å². The van der Waals surface area contributed by atoms with E-state index in [1.807, 2.05) is 6.08 Å². The highest BCUT2D eigenvalue weighted by molar-refractivity contribution is 5.31. The van der Waals surface area contributed by atoms with Gasteiger partial charge in [-0.2, -0.15) is 0 Å². The molecule has 0 aliphatic rings. The molecule has 1 atom stereocenters. The Labute approximate surface area is 112 Å². The number of nitrogens with one attached hydrogen (secondary N) is 1. The van der Waals surface area contributed by atoms with Gasteiger partial charge in [-0.25, -0.2) is 0 Å². The van der Waals surface area contributed by atoms with E-state index in [1.54, 1.807) is 0 Å². The second-order valence-electron chi connectivity index (χ2n) is 6.98. The van der Waals surface area contributed by atoms with Crippen LogP contribution in [0, 0.1) is 0 Å². The highest BCUT2D eigenvalue weighted by Crippen LogP contribution is 2.25. The van der Waals surface area contributed by atoms with Crippen molar-refractivity contribution in [3.05, 3.63) is 48.0 Å². The first-order chi connectivity index (χ1) is 8.13. The van der Waals surface area contributed by atoms with Crippen LogP contribution in [-0.2, 0) is 5.41 Å². The molecule has 1 aromatic rings. The standard InChI is InChI=1S/C17H27N/c1-8-15(18-17(5,6)7)13-9-11-14(12-10-13)16(2,3)4/h8-12,15,18H,1H2,2-7H3. The lowest BCUT2D eigenvalue weighted by Gasteiger charge is -2.27. The van der Waals surface area contributed by atoms with Gasteiger partial charge in [0.1, 0.15) is 0 Å². The zero-order valence-electron chi connectivity index (χ0n) is 12.7. The second-order valence-corrected chi connectivity index (χ2v) is 6.98. The Bertz CT molecular complexity index is 387. The lowest BCUT2D eigenvalue weighted by atomic mass is 9.86. The van der Waals surface area contributed by atoms with Crippen molar-refractivity contribution in [2.24, 2.45) is 0 Å². The molecule has 0 spiro atoms. The molecule has 0 saturated heterocycles. The Morgan fingerprint density at radius 3 is 1.83 bits per heavy atom. The number of hydrogen-bond acceptors (Lipinski definition) is 1. The summed E-state index contributed by atoms with van der Waals surface area (Å²) in [6.45, 7) is 17.2. The molecular weight excluding hydrogens is 218 g/mol. The normalized spacial score (nSPS) is 14.3. The molecule has 1 aromatic carbocycles. The van der Waals surface area contributed by atoms with Crippen molar-refractivity contribution in [1.82, 2.24) is 5.32 Å². The first-order valence-electron chi connectivity index (χ1n) is 6.64. The Morgan fingerprint density at radius 2 is 1.50 bits per heavy atom. The van der Waals surface area contributed by atoms with E-state index < -0.39 is 0 Å². The third-order valence-corrected chi connectivity index (χ3v) is 2.96. The quantitative estimate of drug-likeness (QED) is 0.767. The van der Waals surface area contributed by atoms with E-state index in [9.17, 15) is 0 Å². The topological polar surface area (TPSA) is 12.0 Å². The molecule has 0 fully saturated rings. The van der Waals surface area contributed by atoms with Crippen molar-refractivity contribution in [2.45, 2.75) is 58.5 Å². The summed E-state index contributed by atoms with van der Waals surface area (Å²) >= 11 is 0. The lowest BCUT2D eigenvalue weighted by molar-refractivity contribution is 0.397. The Balaban J connectivity index is 2.92. The molecule has 0 saturated carbocycles. The molecule has 100 valence electrons. The van der Waals surface area contributed by atoms with Crippen LogP contribution in [0.1, 0.15) is 58.7 Å². The van der Waals surface area contributed by atoms with E-state index in [2.05, 4.69) is 77.7 Å². The molecule has 1 N–H and O–H groups in total. The van der Waals surface area contributed by atoms with E-state index in [0.29, 0.717) is 0 Å². The molecule has 1 nitrogen and oxygen atoms in total. The van der Waals surface area contributed by atoms with Gasteiger partial charge in [0.05, 0.1) is 6.04 Å². The first-order valence-corrected chi connectivity index (χ1v) is 6.64. The van der Waals surface area contributed by atoms with Gasteiger partial charge in [0, 0.05) is 5.54 Å². The number of hydrogen-bond donors (Lipinski definition) is 1. The van der Waals surface area contributed by atoms with Crippen LogP contribution in [0.5, 0.6) is 0 Å². The fraction of sp³-hybridized carbons (Fsp3) is 0.529. The van der Waals surface area contributed by atoms with Crippen LogP contribution in [-0.4, -0.2) is 5.54 Å². The van der Waals surface area contributed by atoms with Crippen LogP contribution in [0.25, 0.3) is 0 Å². The first kappa shape index (κ1) is 15.0. The summed E-state index contributed by atoms with van der Waals surface area (Å²) in [7, 11) is 0. The highest BCUT2D eigenvalue weighted by atomic mass is 15.0. The minimum atomic E-state index is 0.0849. The second kappa shape index (κ2) is 5.27. The molecule has 0 aromatic heterocycles. The van der Waals surface area contributed by atoms with Crippen LogP contribution < -0.4 is 5.32 Å². The minimum absolute atomic E-state index is 0.0849. The monoisotopic (exact) mass is 245 g/mol. The smallest absolute Gasteiger partial charge is 0.0507 e. The van der Waals surface area contributed by atoms with Crippen molar-refractivity contribution in [3.8, 4) is 0 Å². The molecule has 0 aliphatic carbocycles. The molecule has 0 aliphatic heterocycles. The fourth-order valence-corrected chi connectivity index (χ4v) is 1.94. The average molecular weight is 245 g/mol. The maximum absolute atomic E-state index is 3.93. The molecule has 1 unspecified atom stereocenters. The minimum Gasteiger partial charge on any atom is -0.302 e. The summed E-state index contributed by atoms with van der Waals surface area (Å²) in [6, 6.07) is 9.04. The maximum Gasteiger partial charge on any atom is 0.0507 e. The van der Waals surface area contributed by atoms with E-state index >= 15 is 0 Å². The molecule has 1 rings (SSSR count). The van der Waals surface area contributed by atoms with Gasteiger partial charge >= 0.3 is 0 Å². The van der Waals surface area contributed by atoms with Crippen LogP contribution in [0.4, 0.5) is 0 Å². The molecule has 1 heteroatoms. The molecule has 0 amide bonds. The van der Waals surface area contributed by atoms with Gasteiger partial charge in [-0.05, 0) is 37.3 Å². The molecular formula is C17H27N. The van der Waals surface area contributed by atoms with E-state index in [0.717, 1.165) is 0 Å². The SMILES string of the molecule is C=CC(NC(C)(C)C)c1ccc(C(C)(C)C)cc1. The predicted octanol–water partition coefficient (Wildman–Crippen LogP) is 4.60. The van der Waals surface area contributed by atoms with Gasteiger partial charge in [-0.3, -0.25) is 0 Å². The van der Waals surface area contributed by atoms with E-state index in [1.165, 1.54) is 11.1 Å².